The number of furan rings is 1. The number of nitrogens with zero attached hydrogens (tertiary/aromatic N) is 1. The highest BCUT2D eigenvalue weighted by Crippen LogP contribution is 2.30. The first kappa shape index (κ1) is 17.7. The van der Waals surface area contributed by atoms with Gasteiger partial charge in [-0.3, -0.25) is 4.79 Å². The molecule has 3 aromatic rings. The van der Waals surface area contributed by atoms with Gasteiger partial charge in [-0.2, -0.15) is 0 Å². The van der Waals surface area contributed by atoms with Crippen molar-refractivity contribution in [1.29, 1.82) is 0 Å². The monoisotopic (exact) mass is 349 g/mol. The molecule has 5 heteroatoms. The molecule has 0 aliphatic rings. The molecular formula is C21H23N3O2. The minimum Gasteiger partial charge on any atom is -0.467 e. The molecule has 134 valence electrons. The van der Waals surface area contributed by atoms with Gasteiger partial charge >= 0.3 is 0 Å². The molecule has 0 aliphatic heterocycles. The molecule has 0 fully saturated rings. The van der Waals surface area contributed by atoms with Crippen molar-refractivity contribution in [2.45, 2.75) is 33.2 Å². The maximum Gasteiger partial charge on any atom is 0.270 e. The molecule has 0 saturated carbocycles. The number of carbonyl (C=O) groups is 1. The molecule has 2 N–H and O–H groups in total. The number of hydrogen-bond donors (Lipinski definition) is 2. The molecule has 3 rings (SSSR count). The SMILES string of the molecule is Cc1cccc(C(C)C)c1Nc1ccc(C(=O)NCc2ccco2)nc1. The van der Waals surface area contributed by atoms with Crippen LogP contribution in [0.4, 0.5) is 11.4 Å². The smallest absolute Gasteiger partial charge is 0.270 e. The summed E-state index contributed by atoms with van der Waals surface area (Å²) in [5.41, 5.74) is 4.75. The third-order valence-corrected chi connectivity index (χ3v) is 4.20. The van der Waals surface area contributed by atoms with Gasteiger partial charge in [0.25, 0.3) is 5.91 Å². The van der Waals surface area contributed by atoms with Gasteiger partial charge in [-0.15, -0.1) is 0 Å². The van der Waals surface area contributed by atoms with Crippen LogP contribution in [-0.2, 0) is 6.54 Å². The van der Waals surface area contributed by atoms with Gasteiger partial charge in [-0.05, 0) is 48.2 Å². The molecule has 5 nitrogen and oxygen atoms in total. The zero-order valence-electron chi connectivity index (χ0n) is 15.2. The maximum atomic E-state index is 12.2. The molecule has 0 radical (unpaired) electrons. The summed E-state index contributed by atoms with van der Waals surface area (Å²) < 4.78 is 5.20. The number of aryl methyl sites for hydroxylation is 1. The highest BCUT2D eigenvalue weighted by molar-refractivity contribution is 5.92. The van der Waals surface area contributed by atoms with Crippen LogP contribution in [0.3, 0.4) is 0 Å². The van der Waals surface area contributed by atoms with E-state index in [1.807, 2.05) is 12.1 Å². The number of nitrogens with one attached hydrogen (secondary N) is 2. The summed E-state index contributed by atoms with van der Waals surface area (Å²) in [6.07, 6.45) is 3.26. The van der Waals surface area contributed by atoms with E-state index in [0.29, 0.717) is 23.9 Å². The van der Waals surface area contributed by atoms with Gasteiger partial charge in [0.1, 0.15) is 11.5 Å². The lowest BCUT2D eigenvalue weighted by atomic mass is 9.98. The van der Waals surface area contributed by atoms with Crippen LogP contribution in [0.25, 0.3) is 0 Å². The maximum absolute atomic E-state index is 12.2. The van der Waals surface area contributed by atoms with Crippen molar-refractivity contribution in [1.82, 2.24) is 10.3 Å². The Labute approximate surface area is 153 Å². The number of rotatable bonds is 6. The lowest BCUT2D eigenvalue weighted by molar-refractivity contribution is 0.0943. The van der Waals surface area contributed by atoms with E-state index in [2.05, 4.69) is 54.6 Å². The van der Waals surface area contributed by atoms with E-state index in [9.17, 15) is 4.79 Å². The number of aromatic nitrogens is 1. The first-order valence-electron chi connectivity index (χ1n) is 8.67. The summed E-state index contributed by atoms with van der Waals surface area (Å²) in [4.78, 5) is 16.4. The number of amides is 1. The lowest BCUT2D eigenvalue weighted by Gasteiger charge is -2.17. The van der Waals surface area contributed by atoms with Gasteiger partial charge in [0.05, 0.1) is 24.7 Å². The first-order chi connectivity index (χ1) is 12.5. The number of benzene rings is 1. The number of anilines is 2. The highest BCUT2D eigenvalue weighted by atomic mass is 16.3. The van der Waals surface area contributed by atoms with Crippen LogP contribution in [0.1, 0.15) is 47.1 Å². The fraction of sp³-hybridized carbons (Fsp3) is 0.238. The Morgan fingerprint density at radius 1 is 1.15 bits per heavy atom. The number of hydrogen-bond acceptors (Lipinski definition) is 4. The highest BCUT2D eigenvalue weighted by Gasteiger charge is 2.11. The second-order valence-electron chi connectivity index (χ2n) is 6.51. The van der Waals surface area contributed by atoms with Crippen LogP contribution in [0.2, 0.25) is 0 Å². The Balaban J connectivity index is 1.69. The topological polar surface area (TPSA) is 67.2 Å². The van der Waals surface area contributed by atoms with Gasteiger partial charge in [0, 0.05) is 5.69 Å². The van der Waals surface area contributed by atoms with Crippen LogP contribution in [-0.4, -0.2) is 10.9 Å². The minimum atomic E-state index is -0.230. The second kappa shape index (κ2) is 7.87. The lowest BCUT2D eigenvalue weighted by Crippen LogP contribution is -2.23. The van der Waals surface area contributed by atoms with E-state index in [0.717, 1.165) is 11.4 Å². The summed E-state index contributed by atoms with van der Waals surface area (Å²) in [5, 5.41) is 6.22. The first-order valence-corrected chi connectivity index (χ1v) is 8.67. The average molecular weight is 349 g/mol. The van der Waals surface area contributed by atoms with Crippen LogP contribution in [0.5, 0.6) is 0 Å². The average Bonchev–Trinajstić information content (AvgIpc) is 3.15. The van der Waals surface area contributed by atoms with E-state index in [4.69, 9.17) is 4.42 Å². The van der Waals surface area contributed by atoms with Crippen molar-refractivity contribution in [3.05, 3.63) is 77.5 Å². The second-order valence-corrected chi connectivity index (χ2v) is 6.51. The van der Waals surface area contributed by atoms with Crippen molar-refractivity contribution in [3.63, 3.8) is 0 Å². The van der Waals surface area contributed by atoms with Gasteiger partial charge in [-0.1, -0.05) is 32.0 Å². The van der Waals surface area contributed by atoms with Crippen molar-refractivity contribution < 1.29 is 9.21 Å². The molecule has 1 amide bonds. The quantitative estimate of drug-likeness (QED) is 0.672. The Morgan fingerprint density at radius 3 is 2.65 bits per heavy atom. The molecule has 0 atom stereocenters. The van der Waals surface area contributed by atoms with Crippen molar-refractivity contribution in [2.24, 2.45) is 0 Å². The molecule has 1 aromatic carbocycles. The van der Waals surface area contributed by atoms with E-state index in [1.54, 1.807) is 24.6 Å². The Kier molecular flexibility index (Phi) is 5.37. The molecular weight excluding hydrogens is 326 g/mol. The predicted octanol–water partition coefficient (Wildman–Crippen LogP) is 4.78. The van der Waals surface area contributed by atoms with Crippen molar-refractivity contribution >= 4 is 17.3 Å². The fourth-order valence-electron chi connectivity index (χ4n) is 2.76. The molecule has 2 aromatic heterocycles. The Morgan fingerprint density at radius 2 is 2.00 bits per heavy atom. The molecule has 0 unspecified atom stereocenters. The fourth-order valence-corrected chi connectivity index (χ4v) is 2.76. The number of carbonyl (C=O) groups excluding carboxylic acids is 1. The molecule has 0 bridgehead atoms. The normalized spacial score (nSPS) is 10.8. The van der Waals surface area contributed by atoms with Gasteiger partial charge < -0.3 is 15.1 Å². The predicted molar refractivity (Wildman–Crippen MR) is 103 cm³/mol. The zero-order valence-corrected chi connectivity index (χ0v) is 15.2. The standard InChI is InChI=1S/C21H23N3O2/c1-14(2)18-8-4-6-15(3)20(18)24-16-9-10-19(22-12-16)21(25)23-13-17-7-5-11-26-17/h4-12,14,24H,13H2,1-3H3,(H,23,25). The molecule has 0 spiro atoms. The van der Waals surface area contributed by atoms with Crippen molar-refractivity contribution in [3.8, 4) is 0 Å². The number of pyridine rings is 1. The van der Waals surface area contributed by atoms with E-state index < -0.39 is 0 Å². The van der Waals surface area contributed by atoms with Crippen LogP contribution in [0.15, 0.2) is 59.3 Å². The Hall–Kier alpha value is -3.08. The summed E-state index contributed by atoms with van der Waals surface area (Å²) in [5.74, 6) is 0.890. The minimum absolute atomic E-state index is 0.230. The molecule has 26 heavy (non-hydrogen) atoms. The third kappa shape index (κ3) is 4.11. The van der Waals surface area contributed by atoms with E-state index in [-0.39, 0.29) is 5.91 Å². The number of para-hydroxylation sites is 1. The largest absolute Gasteiger partial charge is 0.467 e. The zero-order chi connectivity index (χ0) is 18.5. The van der Waals surface area contributed by atoms with Crippen LogP contribution >= 0.6 is 0 Å². The van der Waals surface area contributed by atoms with E-state index in [1.165, 1.54) is 11.1 Å². The Bertz CT molecular complexity index is 869. The van der Waals surface area contributed by atoms with Gasteiger partial charge in [0.15, 0.2) is 0 Å². The van der Waals surface area contributed by atoms with Crippen LogP contribution in [0, 0.1) is 6.92 Å². The molecule has 0 saturated heterocycles. The third-order valence-electron chi connectivity index (χ3n) is 4.20. The summed E-state index contributed by atoms with van der Waals surface area (Å²) >= 11 is 0. The summed E-state index contributed by atoms with van der Waals surface area (Å²) in [6.45, 7) is 6.77. The van der Waals surface area contributed by atoms with Gasteiger partial charge in [-0.25, -0.2) is 4.98 Å². The van der Waals surface area contributed by atoms with Crippen LogP contribution < -0.4 is 10.6 Å². The molecule has 2 heterocycles. The van der Waals surface area contributed by atoms with Gasteiger partial charge in [0.2, 0.25) is 0 Å². The molecule has 0 aliphatic carbocycles. The van der Waals surface area contributed by atoms with Crippen molar-refractivity contribution in [2.75, 3.05) is 5.32 Å². The van der Waals surface area contributed by atoms with E-state index >= 15 is 0 Å². The summed E-state index contributed by atoms with van der Waals surface area (Å²) in [6, 6.07) is 13.5. The summed E-state index contributed by atoms with van der Waals surface area (Å²) in [7, 11) is 0.